The first-order valence-electron chi connectivity index (χ1n) is 8.13. The molecule has 2 aromatic carbocycles. The van der Waals surface area contributed by atoms with Crippen LogP contribution >= 0.6 is 11.8 Å². The number of amides is 1. The maximum atomic E-state index is 12.0. The molecule has 0 spiro atoms. The van der Waals surface area contributed by atoms with Gasteiger partial charge in [-0.05, 0) is 55.3 Å². The molecule has 0 aliphatic rings. The van der Waals surface area contributed by atoms with Crippen LogP contribution in [0.4, 0.5) is 0 Å². The first kappa shape index (κ1) is 17.9. The Balaban J connectivity index is 1.64. The Morgan fingerprint density at radius 2 is 2.00 bits per heavy atom. The summed E-state index contributed by atoms with van der Waals surface area (Å²) in [6, 6.07) is 14.6. The van der Waals surface area contributed by atoms with Gasteiger partial charge in [0, 0.05) is 16.0 Å². The molecule has 3 rings (SSSR count). The van der Waals surface area contributed by atoms with Gasteiger partial charge in [-0.2, -0.15) is 5.10 Å². The fourth-order valence-electron chi connectivity index (χ4n) is 2.52. The van der Waals surface area contributed by atoms with Crippen molar-refractivity contribution in [1.82, 2.24) is 10.4 Å². The first-order chi connectivity index (χ1) is 12.5. The van der Waals surface area contributed by atoms with Gasteiger partial charge in [0.15, 0.2) is 0 Å². The third-order valence-electron chi connectivity index (χ3n) is 3.79. The first-order valence-corrected chi connectivity index (χ1v) is 9.12. The van der Waals surface area contributed by atoms with Crippen LogP contribution in [-0.2, 0) is 4.79 Å². The Labute approximate surface area is 156 Å². The van der Waals surface area contributed by atoms with E-state index in [1.165, 1.54) is 18.0 Å². The number of benzene rings is 2. The Morgan fingerprint density at radius 3 is 2.77 bits per heavy atom. The second kappa shape index (κ2) is 8.01. The highest BCUT2D eigenvalue weighted by Crippen LogP contribution is 2.29. The fraction of sp³-hybridized carbons (Fsp3) is 0.150. The third-order valence-corrected chi connectivity index (χ3v) is 4.84. The number of rotatable bonds is 5. The maximum Gasteiger partial charge on any atom is 0.250 e. The summed E-state index contributed by atoms with van der Waals surface area (Å²) in [5.41, 5.74) is 6.34. The summed E-state index contributed by atoms with van der Waals surface area (Å²) in [7, 11) is 0. The molecule has 0 atom stereocenters. The molecular formula is C20H19N3O2S. The SMILES string of the molecule is Cc1cc(SCC(=O)NN=Cc2ccc(O)cc2)c2cccc(C)c2n1. The minimum Gasteiger partial charge on any atom is -0.508 e. The van der Waals surface area contributed by atoms with Gasteiger partial charge >= 0.3 is 0 Å². The molecule has 0 fully saturated rings. The highest BCUT2D eigenvalue weighted by atomic mass is 32.2. The van der Waals surface area contributed by atoms with Crippen molar-refractivity contribution in [3.05, 3.63) is 65.4 Å². The highest BCUT2D eigenvalue weighted by Gasteiger charge is 2.09. The van der Waals surface area contributed by atoms with Gasteiger partial charge in [0.2, 0.25) is 5.91 Å². The van der Waals surface area contributed by atoms with Gasteiger partial charge in [0.25, 0.3) is 0 Å². The Bertz CT molecular complexity index is 969. The number of carbonyl (C=O) groups excluding carboxylic acids is 1. The molecule has 5 nitrogen and oxygen atoms in total. The van der Waals surface area contributed by atoms with Gasteiger partial charge in [0.1, 0.15) is 5.75 Å². The van der Waals surface area contributed by atoms with Crippen LogP contribution in [0, 0.1) is 13.8 Å². The van der Waals surface area contributed by atoms with Crippen LogP contribution in [0.5, 0.6) is 5.75 Å². The van der Waals surface area contributed by atoms with Gasteiger partial charge in [-0.1, -0.05) is 18.2 Å². The van der Waals surface area contributed by atoms with E-state index in [0.717, 1.165) is 32.6 Å². The van der Waals surface area contributed by atoms with E-state index in [-0.39, 0.29) is 17.4 Å². The molecule has 26 heavy (non-hydrogen) atoms. The van der Waals surface area contributed by atoms with Crippen LogP contribution in [0.2, 0.25) is 0 Å². The number of aromatic hydroxyl groups is 1. The smallest absolute Gasteiger partial charge is 0.250 e. The van der Waals surface area contributed by atoms with Crippen molar-refractivity contribution in [3.8, 4) is 5.75 Å². The molecule has 0 saturated carbocycles. The standard InChI is InChI=1S/C20H19N3O2S/c1-13-4-3-5-17-18(10-14(2)22-20(13)17)26-12-19(25)23-21-11-15-6-8-16(24)9-7-15/h3-11,24H,12H2,1-2H3,(H,23,25). The van der Waals surface area contributed by atoms with E-state index in [9.17, 15) is 9.90 Å². The Morgan fingerprint density at radius 1 is 1.23 bits per heavy atom. The molecule has 0 bridgehead atoms. The number of aryl methyl sites for hydroxylation is 2. The number of fused-ring (bicyclic) bond motifs is 1. The Hall–Kier alpha value is -2.86. The predicted octanol–water partition coefficient (Wildman–Crippen LogP) is 3.80. The molecule has 1 aromatic heterocycles. The van der Waals surface area contributed by atoms with E-state index in [0.29, 0.717) is 0 Å². The second-order valence-electron chi connectivity index (χ2n) is 5.91. The topological polar surface area (TPSA) is 74.6 Å². The lowest BCUT2D eigenvalue weighted by Gasteiger charge is -2.09. The minimum atomic E-state index is -0.180. The van der Waals surface area contributed by atoms with Crippen molar-refractivity contribution in [2.75, 3.05) is 5.75 Å². The van der Waals surface area contributed by atoms with Gasteiger partial charge in [-0.15, -0.1) is 11.8 Å². The van der Waals surface area contributed by atoms with Gasteiger partial charge in [-0.3, -0.25) is 9.78 Å². The normalized spacial score (nSPS) is 11.2. The maximum absolute atomic E-state index is 12.0. The van der Waals surface area contributed by atoms with Crippen molar-refractivity contribution in [3.63, 3.8) is 0 Å². The van der Waals surface area contributed by atoms with Gasteiger partial charge in [0.05, 0.1) is 17.5 Å². The number of hydrazone groups is 1. The molecule has 0 aliphatic heterocycles. The van der Waals surface area contributed by atoms with E-state index >= 15 is 0 Å². The zero-order chi connectivity index (χ0) is 18.5. The van der Waals surface area contributed by atoms with Crippen molar-refractivity contribution in [1.29, 1.82) is 0 Å². The molecule has 1 heterocycles. The van der Waals surface area contributed by atoms with Crippen LogP contribution < -0.4 is 5.43 Å². The number of phenolic OH excluding ortho intramolecular Hbond substituents is 1. The number of nitrogens with one attached hydrogen (secondary N) is 1. The monoisotopic (exact) mass is 365 g/mol. The summed E-state index contributed by atoms with van der Waals surface area (Å²) in [6.45, 7) is 3.99. The number of hydrogen-bond acceptors (Lipinski definition) is 5. The highest BCUT2D eigenvalue weighted by molar-refractivity contribution is 8.00. The molecule has 2 N–H and O–H groups in total. The molecule has 6 heteroatoms. The number of nitrogens with zero attached hydrogens (tertiary/aromatic N) is 2. The molecular weight excluding hydrogens is 346 g/mol. The molecule has 0 radical (unpaired) electrons. The van der Waals surface area contributed by atoms with Crippen LogP contribution in [0.25, 0.3) is 10.9 Å². The number of hydrogen-bond donors (Lipinski definition) is 2. The third kappa shape index (κ3) is 4.40. The molecule has 0 unspecified atom stereocenters. The number of para-hydroxylation sites is 1. The molecule has 1 amide bonds. The van der Waals surface area contributed by atoms with E-state index in [2.05, 4.69) is 15.5 Å². The van der Waals surface area contributed by atoms with Crippen LogP contribution in [0.3, 0.4) is 0 Å². The van der Waals surface area contributed by atoms with Crippen LogP contribution in [0.15, 0.2) is 58.5 Å². The van der Waals surface area contributed by atoms with Crippen molar-refractivity contribution >= 4 is 34.8 Å². The molecule has 0 saturated heterocycles. The van der Waals surface area contributed by atoms with Gasteiger partial charge in [-0.25, -0.2) is 5.43 Å². The van der Waals surface area contributed by atoms with E-state index in [1.54, 1.807) is 24.3 Å². The van der Waals surface area contributed by atoms with E-state index in [1.807, 2.05) is 38.1 Å². The van der Waals surface area contributed by atoms with Gasteiger partial charge < -0.3 is 5.11 Å². The number of phenols is 1. The largest absolute Gasteiger partial charge is 0.508 e. The number of pyridine rings is 1. The summed E-state index contributed by atoms with van der Waals surface area (Å²) in [4.78, 5) is 17.7. The second-order valence-corrected chi connectivity index (χ2v) is 6.92. The quantitative estimate of drug-likeness (QED) is 0.410. The zero-order valence-corrected chi connectivity index (χ0v) is 15.4. The number of carbonyl (C=O) groups is 1. The summed E-state index contributed by atoms with van der Waals surface area (Å²) in [5, 5.41) is 14.2. The average Bonchev–Trinajstić information content (AvgIpc) is 2.62. The van der Waals surface area contributed by atoms with Crippen molar-refractivity contribution in [2.24, 2.45) is 5.10 Å². The minimum absolute atomic E-state index is 0.180. The zero-order valence-electron chi connectivity index (χ0n) is 14.6. The number of aromatic nitrogens is 1. The summed E-state index contributed by atoms with van der Waals surface area (Å²) >= 11 is 1.47. The summed E-state index contributed by atoms with van der Waals surface area (Å²) in [5.74, 6) is 0.275. The lowest BCUT2D eigenvalue weighted by atomic mass is 10.1. The average molecular weight is 365 g/mol. The van der Waals surface area contributed by atoms with Crippen molar-refractivity contribution < 1.29 is 9.90 Å². The van der Waals surface area contributed by atoms with Crippen molar-refractivity contribution in [2.45, 2.75) is 18.7 Å². The summed E-state index contributed by atoms with van der Waals surface area (Å²) in [6.07, 6.45) is 1.54. The van der Waals surface area contributed by atoms with E-state index in [4.69, 9.17) is 0 Å². The number of thioether (sulfide) groups is 1. The molecule has 0 aliphatic carbocycles. The summed E-state index contributed by atoms with van der Waals surface area (Å²) < 4.78 is 0. The Kier molecular flexibility index (Phi) is 5.53. The predicted molar refractivity (Wildman–Crippen MR) is 106 cm³/mol. The molecule has 3 aromatic rings. The van der Waals surface area contributed by atoms with Crippen LogP contribution in [-0.4, -0.2) is 28.0 Å². The van der Waals surface area contributed by atoms with Crippen LogP contribution in [0.1, 0.15) is 16.8 Å². The molecule has 132 valence electrons. The fourth-order valence-corrected chi connectivity index (χ4v) is 3.44. The lowest BCUT2D eigenvalue weighted by molar-refractivity contribution is -0.118. The van der Waals surface area contributed by atoms with E-state index < -0.39 is 0 Å². The lowest BCUT2D eigenvalue weighted by Crippen LogP contribution is -2.19.